The van der Waals surface area contributed by atoms with Crippen LogP contribution in [0.5, 0.6) is 0 Å². The van der Waals surface area contributed by atoms with Gasteiger partial charge in [0.1, 0.15) is 5.82 Å². The average molecular weight is 238 g/mol. The molecule has 0 atom stereocenters. The van der Waals surface area contributed by atoms with Crippen molar-refractivity contribution < 1.29 is 4.39 Å². The number of para-hydroxylation sites is 1. The summed E-state index contributed by atoms with van der Waals surface area (Å²) >= 11 is 0. The fourth-order valence-corrected chi connectivity index (χ4v) is 1.40. The lowest BCUT2D eigenvalue weighted by Gasteiger charge is -2.06. The lowest BCUT2D eigenvalue weighted by molar-refractivity contribution is 0.630. The zero-order valence-electron chi connectivity index (χ0n) is 8.69. The van der Waals surface area contributed by atoms with E-state index in [1.54, 1.807) is 12.1 Å². The van der Waals surface area contributed by atoms with Crippen molar-refractivity contribution in [3.63, 3.8) is 0 Å². The Bertz CT molecular complexity index is 431. The predicted molar refractivity (Wildman–Crippen MR) is 67.4 cm³/mol. The topological polar surface area (TPSA) is 12.0 Å². The third-order valence-corrected chi connectivity index (χ3v) is 2.20. The molecule has 0 spiro atoms. The molecule has 84 valence electrons. The molecule has 0 aliphatic carbocycles. The van der Waals surface area contributed by atoms with E-state index in [1.165, 1.54) is 6.07 Å². The van der Waals surface area contributed by atoms with Crippen LogP contribution >= 0.6 is 12.4 Å². The van der Waals surface area contributed by atoms with Gasteiger partial charge in [-0.3, -0.25) is 0 Å². The quantitative estimate of drug-likeness (QED) is 0.855. The van der Waals surface area contributed by atoms with Gasteiger partial charge >= 0.3 is 0 Å². The van der Waals surface area contributed by atoms with E-state index in [-0.39, 0.29) is 18.2 Å². The summed E-state index contributed by atoms with van der Waals surface area (Å²) in [5.41, 5.74) is 1.68. The molecular weight excluding hydrogens is 225 g/mol. The van der Waals surface area contributed by atoms with Crippen LogP contribution in [-0.2, 0) is 6.54 Å². The van der Waals surface area contributed by atoms with Crippen LogP contribution in [0, 0.1) is 5.82 Å². The van der Waals surface area contributed by atoms with Crippen molar-refractivity contribution in [2.75, 3.05) is 5.32 Å². The van der Waals surface area contributed by atoms with Crippen LogP contribution < -0.4 is 5.32 Å². The number of halogens is 2. The Kier molecular flexibility index (Phi) is 4.80. The average Bonchev–Trinajstić information content (AvgIpc) is 2.29. The molecule has 2 aromatic carbocycles. The van der Waals surface area contributed by atoms with Crippen molar-refractivity contribution in [3.05, 3.63) is 66.0 Å². The van der Waals surface area contributed by atoms with Crippen LogP contribution in [0.3, 0.4) is 0 Å². The Labute approximate surface area is 101 Å². The molecule has 1 N–H and O–H groups in total. The van der Waals surface area contributed by atoms with E-state index in [9.17, 15) is 4.39 Å². The molecule has 0 saturated carbocycles. The number of rotatable bonds is 3. The summed E-state index contributed by atoms with van der Waals surface area (Å²) in [5.74, 6) is -0.214. The fourth-order valence-electron chi connectivity index (χ4n) is 1.40. The van der Waals surface area contributed by atoms with Crippen LogP contribution in [-0.4, -0.2) is 0 Å². The maximum atomic E-state index is 13.2. The molecule has 1 nitrogen and oxygen atoms in total. The van der Waals surface area contributed by atoms with Gasteiger partial charge < -0.3 is 5.32 Å². The van der Waals surface area contributed by atoms with E-state index in [0.29, 0.717) is 12.2 Å². The highest BCUT2D eigenvalue weighted by atomic mass is 35.5. The number of anilines is 1. The van der Waals surface area contributed by atoms with Gasteiger partial charge in [0.2, 0.25) is 0 Å². The van der Waals surface area contributed by atoms with Gasteiger partial charge in [0.15, 0.2) is 0 Å². The van der Waals surface area contributed by atoms with E-state index >= 15 is 0 Å². The van der Waals surface area contributed by atoms with Crippen molar-refractivity contribution in [2.45, 2.75) is 6.54 Å². The summed E-state index contributed by atoms with van der Waals surface area (Å²) in [6.07, 6.45) is 0. The van der Waals surface area contributed by atoms with Gasteiger partial charge in [-0.1, -0.05) is 42.5 Å². The van der Waals surface area contributed by atoms with Crippen LogP contribution in [0.2, 0.25) is 0 Å². The highest BCUT2D eigenvalue weighted by molar-refractivity contribution is 5.85. The minimum atomic E-state index is -0.214. The van der Waals surface area contributed by atoms with Gasteiger partial charge in [-0.25, -0.2) is 4.39 Å². The monoisotopic (exact) mass is 237 g/mol. The Morgan fingerprint density at radius 2 is 1.50 bits per heavy atom. The normalized spacial score (nSPS) is 9.31. The fraction of sp³-hybridized carbons (Fsp3) is 0.0769. The molecule has 2 aromatic rings. The number of benzene rings is 2. The molecule has 0 bridgehead atoms. The molecule has 3 heteroatoms. The molecule has 0 amide bonds. The van der Waals surface area contributed by atoms with Gasteiger partial charge in [0.05, 0.1) is 5.69 Å². The van der Waals surface area contributed by atoms with E-state index < -0.39 is 0 Å². The molecule has 0 aliphatic heterocycles. The maximum Gasteiger partial charge on any atom is 0.146 e. The first kappa shape index (κ1) is 12.5. The maximum absolute atomic E-state index is 13.2. The zero-order chi connectivity index (χ0) is 10.5. The Hall–Kier alpha value is -1.54. The minimum Gasteiger partial charge on any atom is -0.379 e. The molecule has 16 heavy (non-hydrogen) atoms. The van der Waals surface area contributed by atoms with Crippen molar-refractivity contribution in [1.29, 1.82) is 0 Å². The summed E-state index contributed by atoms with van der Waals surface area (Å²) in [7, 11) is 0. The first-order valence-corrected chi connectivity index (χ1v) is 4.88. The van der Waals surface area contributed by atoms with Crippen LogP contribution in [0.15, 0.2) is 54.6 Å². The standard InChI is InChI=1S/C13H12FN.ClH/c14-12-8-4-5-9-13(12)15-10-11-6-2-1-3-7-11;/h1-9,15H,10H2;1H. The second-order valence-corrected chi connectivity index (χ2v) is 3.32. The molecule has 0 fully saturated rings. The largest absolute Gasteiger partial charge is 0.379 e. The number of hydrogen-bond acceptors (Lipinski definition) is 1. The van der Waals surface area contributed by atoms with Crippen LogP contribution in [0.4, 0.5) is 10.1 Å². The van der Waals surface area contributed by atoms with Crippen molar-refractivity contribution in [2.24, 2.45) is 0 Å². The van der Waals surface area contributed by atoms with Gasteiger partial charge in [0, 0.05) is 6.54 Å². The third-order valence-electron chi connectivity index (χ3n) is 2.20. The summed E-state index contributed by atoms with van der Waals surface area (Å²) in [5, 5.41) is 3.05. The van der Waals surface area contributed by atoms with Crippen molar-refractivity contribution >= 4 is 18.1 Å². The van der Waals surface area contributed by atoms with Gasteiger partial charge in [-0.2, -0.15) is 0 Å². The molecule has 0 aliphatic rings. The van der Waals surface area contributed by atoms with Crippen LogP contribution in [0.1, 0.15) is 5.56 Å². The molecule has 0 saturated heterocycles. The lowest BCUT2D eigenvalue weighted by atomic mass is 10.2. The zero-order valence-corrected chi connectivity index (χ0v) is 9.51. The third kappa shape index (κ3) is 3.24. The summed E-state index contributed by atoms with van der Waals surface area (Å²) in [6, 6.07) is 16.6. The summed E-state index contributed by atoms with van der Waals surface area (Å²) < 4.78 is 13.2. The Morgan fingerprint density at radius 1 is 0.875 bits per heavy atom. The predicted octanol–water partition coefficient (Wildman–Crippen LogP) is 3.86. The van der Waals surface area contributed by atoms with E-state index in [0.717, 1.165) is 5.56 Å². The van der Waals surface area contributed by atoms with Gasteiger partial charge in [-0.05, 0) is 17.7 Å². The molecular formula is C13H13ClFN. The first-order valence-electron chi connectivity index (χ1n) is 4.88. The Balaban J connectivity index is 0.00000128. The van der Waals surface area contributed by atoms with Crippen LogP contribution in [0.25, 0.3) is 0 Å². The number of hydrogen-bond donors (Lipinski definition) is 1. The van der Waals surface area contributed by atoms with Crippen molar-refractivity contribution in [3.8, 4) is 0 Å². The highest BCUT2D eigenvalue weighted by Gasteiger charge is 1.98. The smallest absolute Gasteiger partial charge is 0.146 e. The number of nitrogens with one attached hydrogen (secondary N) is 1. The molecule has 0 unspecified atom stereocenters. The first-order chi connectivity index (χ1) is 7.36. The SMILES string of the molecule is Cl.Fc1ccccc1NCc1ccccc1. The second-order valence-electron chi connectivity index (χ2n) is 3.32. The van der Waals surface area contributed by atoms with Gasteiger partial charge in [0.25, 0.3) is 0 Å². The van der Waals surface area contributed by atoms with E-state index in [2.05, 4.69) is 5.32 Å². The molecule has 0 radical (unpaired) electrons. The minimum absolute atomic E-state index is 0. The molecule has 0 heterocycles. The molecule has 0 aromatic heterocycles. The van der Waals surface area contributed by atoms with Crippen molar-refractivity contribution in [1.82, 2.24) is 0 Å². The Morgan fingerprint density at radius 3 is 2.19 bits per heavy atom. The van der Waals surface area contributed by atoms with E-state index in [1.807, 2.05) is 36.4 Å². The van der Waals surface area contributed by atoms with E-state index in [4.69, 9.17) is 0 Å². The summed E-state index contributed by atoms with van der Waals surface area (Å²) in [4.78, 5) is 0. The second kappa shape index (κ2) is 6.13. The highest BCUT2D eigenvalue weighted by Crippen LogP contribution is 2.13. The molecule has 2 rings (SSSR count). The lowest BCUT2D eigenvalue weighted by Crippen LogP contribution is -2.00. The van der Waals surface area contributed by atoms with Gasteiger partial charge in [-0.15, -0.1) is 12.4 Å². The summed E-state index contributed by atoms with van der Waals surface area (Å²) in [6.45, 7) is 0.641.